The average Bonchev–Trinajstić information content (AvgIpc) is 3.58. The summed E-state index contributed by atoms with van der Waals surface area (Å²) in [6, 6.07) is 15.8. The van der Waals surface area contributed by atoms with Crippen LogP contribution >= 0.6 is 0 Å². The summed E-state index contributed by atoms with van der Waals surface area (Å²) >= 11 is 0. The Morgan fingerprint density at radius 2 is 1.75 bits per heavy atom. The molecule has 1 unspecified atom stereocenters. The van der Waals surface area contributed by atoms with E-state index in [9.17, 15) is 10.0 Å². The van der Waals surface area contributed by atoms with Crippen LogP contribution in [0.1, 0.15) is 52.8 Å². The molecule has 1 amide bonds. The number of ether oxygens (including phenoxy) is 2. The largest absolute Gasteiger partial charge is 0.750 e. The lowest BCUT2D eigenvalue weighted by Crippen LogP contribution is -2.23. The molecule has 0 radical (unpaired) electrons. The number of amides is 1. The molecular formula is C26H21N6O4-. The van der Waals surface area contributed by atoms with Crippen molar-refractivity contribution in [3.8, 4) is 0 Å². The van der Waals surface area contributed by atoms with Gasteiger partial charge in [-0.1, -0.05) is 24.3 Å². The normalized spacial score (nSPS) is 23.9. The molecule has 5 heterocycles. The van der Waals surface area contributed by atoms with Gasteiger partial charge >= 0.3 is 0 Å². The second kappa shape index (κ2) is 8.65. The van der Waals surface area contributed by atoms with Crippen LogP contribution in [0.25, 0.3) is 0 Å². The van der Waals surface area contributed by atoms with Gasteiger partial charge in [0.15, 0.2) is 5.82 Å². The number of pyridine rings is 2. The fourth-order valence-electron chi connectivity index (χ4n) is 4.29. The zero-order chi connectivity index (χ0) is 24.8. The number of hydrogen-bond acceptors (Lipinski definition) is 9. The van der Waals surface area contributed by atoms with Crippen molar-refractivity contribution in [2.75, 3.05) is 6.61 Å². The number of aromatic nitrogens is 2. The Balaban J connectivity index is 1.21. The molecular weight excluding hydrogens is 460 g/mol. The lowest BCUT2D eigenvalue weighted by molar-refractivity contribution is 0.0898. The van der Waals surface area contributed by atoms with Gasteiger partial charge in [-0.25, -0.2) is 24.9 Å². The number of hydroxylamine groups is 2. The molecule has 0 saturated carbocycles. The molecule has 0 aliphatic carbocycles. The lowest BCUT2D eigenvalue weighted by Gasteiger charge is -2.22. The van der Waals surface area contributed by atoms with Crippen LogP contribution in [0.4, 0.5) is 5.82 Å². The van der Waals surface area contributed by atoms with Crippen molar-refractivity contribution in [3.63, 3.8) is 0 Å². The molecule has 0 saturated heterocycles. The fraction of sp³-hybridized carbons (Fsp3) is 0.231. The number of amidine groups is 1. The topological polar surface area (TPSA) is 125 Å². The van der Waals surface area contributed by atoms with Gasteiger partial charge in [-0.2, -0.15) is 0 Å². The Hall–Kier alpha value is -4.44. The van der Waals surface area contributed by atoms with Gasteiger partial charge in [-0.3, -0.25) is 4.79 Å². The summed E-state index contributed by atoms with van der Waals surface area (Å²) < 4.78 is 11.8. The first-order chi connectivity index (χ1) is 17.5. The zero-order valence-corrected chi connectivity index (χ0v) is 19.5. The monoisotopic (exact) mass is 481 g/mol. The standard InChI is InChI=1S/C26H21N6O4/c1-14-13-35-24(28-14)19-8-5-9-20(30-19)25-29-15(2)22(36-25)16-10-11-21(27-12-16)31-23-17-6-3-4-7-18(17)26(33)32(23)34/h3-12,14-15,22H,13H2,1-2H3/q-1/t14-,15-,22?/m0/s1. The van der Waals surface area contributed by atoms with Gasteiger partial charge < -0.3 is 19.7 Å². The first-order valence-corrected chi connectivity index (χ1v) is 11.6. The van der Waals surface area contributed by atoms with E-state index < -0.39 is 5.91 Å². The molecule has 10 nitrogen and oxygen atoms in total. The van der Waals surface area contributed by atoms with E-state index in [2.05, 4.69) is 24.9 Å². The third-order valence-electron chi connectivity index (χ3n) is 6.08. The SMILES string of the molecule is C[C@@H]1N=C(c2cccc(C3=N[C@@H](C)CO3)n2)OC1c1ccc(N=C2c3ccccc3C(=O)N2[O-])nc1. The fourth-order valence-corrected chi connectivity index (χ4v) is 4.29. The maximum Gasteiger partial charge on any atom is 0.249 e. The van der Waals surface area contributed by atoms with Gasteiger partial charge in [0.05, 0.1) is 17.6 Å². The second-order valence-electron chi connectivity index (χ2n) is 8.75. The van der Waals surface area contributed by atoms with Crippen LogP contribution in [0.15, 0.2) is 75.8 Å². The van der Waals surface area contributed by atoms with Gasteiger partial charge in [0.25, 0.3) is 0 Å². The van der Waals surface area contributed by atoms with Gasteiger partial charge in [-0.15, -0.1) is 0 Å². The lowest BCUT2D eigenvalue weighted by atomic mass is 10.1. The number of nitrogens with zero attached hydrogens (tertiary/aromatic N) is 6. The summed E-state index contributed by atoms with van der Waals surface area (Å²) in [7, 11) is 0. The zero-order valence-electron chi connectivity index (χ0n) is 19.5. The van der Waals surface area contributed by atoms with Crippen molar-refractivity contribution in [2.45, 2.75) is 32.0 Å². The summed E-state index contributed by atoms with van der Waals surface area (Å²) in [6.45, 7) is 4.49. The Morgan fingerprint density at radius 3 is 2.47 bits per heavy atom. The molecule has 0 bridgehead atoms. The molecule has 2 aromatic heterocycles. The predicted octanol–water partition coefficient (Wildman–Crippen LogP) is 3.58. The highest BCUT2D eigenvalue weighted by molar-refractivity contribution is 6.24. The number of benzene rings is 1. The van der Waals surface area contributed by atoms with Crippen LogP contribution in [0.3, 0.4) is 0 Å². The first kappa shape index (κ1) is 22.1. The van der Waals surface area contributed by atoms with Crippen LogP contribution in [0.2, 0.25) is 0 Å². The van der Waals surface area contributed by atoms with Crippen molar-refractivity contribution in [2.24, 2.45) is 15.0 Å². The van der Waals surface area contributed by atoms with Crippen molar-refractivity contribution >= 4 is 29.4 Å². The molecule has 36 heavy (non-hydrogen) atoms. The van der Waals surface area contributed by atoms with E-state index in [1.807, 2.05) is 38.1 Å². The van der Waals surface area contributed by atoms with Crippen molar-refractivity contribution in [1.82, 2.24) is 15.0 Å². The van der Waals surface area contributed by atoms with E-state index in [1.54, 1.807) is 36.5 Å². The van der Waals surface area contributed by atoms with E-state index in [-0.39, 0.29) is 24.0 Å². The van der Waals surface area contributed by atoms with E-state index in [0.717, 1.165) is 5.56 Å². The van der Waals surface area contributed by atoms with Crippen LogP contribution in [0.5, 0.6) is 0 Å². The summed E-state index contributed by atoms with van der Waals surface area (Å²) in [4.78, 5) is 34.6. The highest BCUT2D eigenvalue weighted by Crippen LogP contribution is 2.31. The number of aliphatic imine (C=N–C) groups is 3. The highest BCUT2D eigenvalue weighted by atomic mass is 16.5. The number of fused-ring (bicyclic) bond motifs is 1. The van der Waals surface area contributed by atoms with E-state index in [0.29, 0.717) is 51.8 Å². The van der Waals surface area contributed by atoms with E-state index in [4.69, 9.17) is 9.47 Å². The Morgan fingerprint density at radius 1 is 0.972 bits per heavy atom. The molecule has 180 valence electrons. The molecule has 3 aliphatic heterocycles. The molecule has 6 rings (SSSR count). The molecule has 0 fully saturated rings. The molecule has 3 aliphatic rings. The molecule has 1 aromatic carbocycles. The summed E-state index contributed by atoms with van der Waals surface area (Å²) in [5.74, 6) is 0.679. The quantitative estimate of drug-likeness (QED) is 0.561. The molecule has 0 N–H and O–H groups in total. The number of carbonyl (C=O) groups excluding carboxylic acids is 1. The highest BCUT2D eigenvalue weighted by Gasteiger charge is 2.31. The third-order valence-corrected chi connectivity index (χ3v) is 6.08. The van der Waals surface area contributed by atoms with E-state index >= 15 is 0 Å². The third kappa shape index (κ3) is 3.81. The number of rotatable bonds is 4. The van der Waals surface area contributed by atoms with Crippen LogP contribution < -0.4 is 0 Å². The molecule has 0 spiro atoms. The van der Waals surface area contributed by atoms with Gasteiger partial charge in [0, 0.05) is 17.3 Å². The van der Waals surface area contributed by atoms with Crippen LogP contribution in [-0.2, 0) is 9.47 Å². The van der Waals surface area contributed by atoms with Gasteiger partial charge in [-0.05, 0) is 44.2 Å². The Labute approximate surface area is 206 Å². The first-order valence-electron chi connectivity index (χ1n) is 11.6. The van der Waals surface area contributed by atoms with E-state index in [1.165, 1.54) is 0 Å². The maximum atomic E-state index is 12.3. The number of hydrogen-bond donors (Lipinski definition) is 0. The number of carbonyl (C=O) groups is 1. The smallest absolute Gasteiger partial charge is 0.249 e. The Bertz CT molecular complexity index is 1450. The summed E-state index contributed by atoms with van der Waals surface area (Å²) in [6.07, 6.45) is 1.29. The molecule has 3 aromatic rings. The van der Waals surface area contributed by atoms with Gasteiger partial charge in [0.1, 0.15) is 29.9 Å². The average molecular weight is 481 g/mol. The minimum absolute atomic E-state index is 0.0307. The predicted molar refractivity (Wildman–Crippen MR) is 132 cm³/mol. The minimum atomic E-state index is -0.627. The van der Waals surface area contributed by atoms with Crippen LogP contribution in [0, 0.1) is 5.21 Å². The minimum Gasteiger partial charge on any atom is -0.750 e. The maximum absolute atomic E-state index is 12.3. The van der Waals surface area contributed by atoms with Crippen LogP contribution in [-0.4, -0.2) is 57.3 Å². The molecule has 3 atom stereocenters. The van der Waals surface area contributed by atoms with Crippen molar-refractivity contribution < 1.29 is 14.3 Å². The second-order valence-corrected chi connectivity index (χ2v) is 8.75. The molecule has 10 heteroatoms. The van der Waals surface area contributed by atoms with Crippen molar-refractivity contribution in [3.05, 3.63) is 94.1 Å². The van der Waals surface area contributed by atoms with Gasteiger partial charge in [0.2, 0.25) is 17.7 Å². The summed E-state index contributed by atoms with van der Waals surface area (Å²) in [5, 5.41) is 12.6. The Kier molecular flexibility index (Phi) is 5.30. The van der Waals surface area contributed by atoms with Crippen molar-refractivity contribution in [1.29, 1.82) is 0 Å². The summed E-state index contributed by atoms with van der Waals surface area (Å²) in [5.41, 5.74) is 2.87.